The minimum Gasteiger partial charge on any atom is -0.453 e. The molecule has 25 heavy (non-hydrogen) atoms. The molecule has 0 aliphatic carbocycles. The maximum absolute atomic E-state index is 14.9. The zero-order valence-electron chi connectivity index (χ0n) is 13.8. The Kier molecular flexibility index (Phi) is 7.51. The maximum Gasteiger partial charge on any atom is 0.181 e. The van der Waals surface area contributed by atoms with Gasteiger partial charge in [0.05, 0.1) is 5.02 Å². The Morgan fingerprint density at radius 2 is 1.84 bits per heavy atom. The number of rotatable bonds is 5. The van der Waals surface area contributed by atoms with Gasteiger partial charge in [0.15, 0.2) is 11.6 Å². The third-order valence-corrected chi connectivity index (χ3v) is 4.67. The second-order valence-electron chi connectivity index (χ2n) is 6.09. The number of benzene rings is 2. The first kappa shape index (κ1) is 20.0. The number of ether oxygens (including phenoxy) is 2. The minimum absolute atomic E-state index is 0. The zero-order valence-corrected chi connectivity index (χ0v) is 15.4. The molecule has 0 bridgehead atoms. The standard InChI is InChI=1S/C19H21ClFNO2.ClH/c20-16-7-6-15(17(22)12-13-8-10-23-11-9-13)18(21)19(16)24-14-4-2-1-3-5-14;/h1-7,13,17H,8-12,22H2;1H/t17-;/m1./s1. The second-order valence-corrected chi connectivity index (χ2v) is 6.50. The molecule has 3 nitrogen and oxygen atoms in total. The first-order valence-electron chi connectivity index (χ1n) is 8.19. The summed E-state index contributed by atoms with van der Waals surface area (Å²) < 4.78 is 25.9. The summed E-state index contributed by atoms with van der Waals surface area (Å²) in [6.45, 7) is 1.51. The average Bonchev–Trinajstić information content (AvgIpc) is 2.60. The molecule has 1 atom stereocenters. The summed E-state index contributed by atoms with van der Waals surface area (Å²) in [5, 5.41) is 0.235. The van der Waals surface area contributed by atoms with Crippen LogP contribution in [0.25, 0.3) is 0 Å². The van der Waals surface area contributed by atoms with Crippen LogP contribution in [0.4, 0.5) is 4.39 Å². The van der Waals surface area contributed by atoms with Gasteiger partial charge in [-0.1, -0.05) is 35.9 Å². The van der Waals surface area contributed by atoms with Crippen molar-refractivity contribution in [2.45, 2.75) is 25.3 Å². The molecule has 1 fully saturated rings. The Balaban J connectivity index is 0.00000225. The predicted molar refractivity (Wildman–Crippen MR) is 100 cm³/mol. The fourth-order valence-corrected chi connectivity index (χ4v) is 3.19. The zero-order chi connectivity index (χ0) is 16.9. The van der Waals surface area contributed by atoms with Crippen LogP contribution >= 0.6 is 24.0 Å². The van der Waals surface area contributed by atoms with Crippen LogP contribution in [0.15, 0.2) is 42.5 Å². The Morgan fingerprint density at radius 1 is 1.16 bits per heavy atom. The van der Waals surface area contributed by atoms with Crippen molar-refractivity contribution in [1.29, 1.82) is 0 Å². The summed E-state index contributed by atoms with van der Waals surface area (Å²) >= 11 is 6.13. The van der Waals surface area contributed by atoms with Crippen LogP contribution in [0.1, 0.15) is 30.9 Å². The Morgan fingerprint density at radius 3 is 2.52 bits per heavy atom. The first-order chi connectivity index (χ1) is 11.6. The highest BCUT2D eigenvalue weighted by Gasteiger charge is 2.23. The van der Waals surface area contributed by atoms with Crippen LogP contribution in [0.5, 0.6) is 11.5 Å². The maximum atomic E-state index is 14.9. The van der Waals surface area contributed by atoms with Crippen molar-refractivity contribution in [1.82, 2.24) is 0 Å². The normalized spacial score (nSPS) is 16.1. The van der Waals surface area contributed by atoms with Gasteiger partial charge in [-0.25, -0.2) is 4.39 Å². The number of halogens is 3. The second kappa shape index (κ2) is 9.39. The fourth-order valence-electron chi connectivity index (χ4n) is 3.00. The molecule has 0 saturated carbocycles. The molecule has 2 aromatic rings. The molecule has 1 aliphatic heterocycles. The monoisotopic (exact) mass is 385 g/mol. The molecule has 0 unspecified atom stereocenters. The van der Waals surface area contributed by atoms with Gasteiger partial charge >= 0.3 is 0 Å². The third-order valence-electron chi connectivity index (χ3n) is 4.37. The van der Waals surface area contributed by atoms with Crippen molar-refractivity contribution >= 4 is 24.0 Å². The number of hydrogen-bond acceptors (Lipinski definition) is 3. The molecule has 2 N–H and O–H groups in total. The van der Waals surface area contributed by atoms with Gasteiger partial charge in [-0.2, -0.15) is 0 Å². The molecule has 6 heteroatoms. The molecule has 0 radical (unpaired) electrons. The largest absolute Gasteiger partial charge is 0.453 e. The lowest BCUT2D eigenvalue weighted by atomic mass is 9.89. The van der Waals surface area contributed by atoms with Crippen LogP contribution in [0, 0.1) is 11.7 Å². The van der Waals surface area contributed by atoms with Gasteiger partial charge in [-0.05, 0) is 43.4 Å². The van der Waals surface area contributed by atoms with E-state index in [1.54, 1.807) is 24.3 Å². The van der Waals surface area contributed by atoms with Crippen molar-refractivity contribution in [2.75, 3.05) is 13.2 Å². The highest BCUT2D eigenvalue weighted by atomic mass is 35.5. The summed E-state index contributed by atoms with van der Waals surface area (Å²) in [5.74, 6) is 0.546. The van der Waals surface area contributed by atoms with Crippen molar-refractivity contribution in [2.24, 2.45) is 11.7 Å². The molecule has 136 valence electrons. The lowest BCUT2D eigenvalue weighted by Gasteiger charge is -2.25. The van der Waals surface area contributed by atoms with Gasteiger partial charge < -0.3 is 15.2 Å². The van der Waals surface area contributed by atoms with Crippen molar-refractivity contribution in [3.05, 3.63) is 58.9 Å². The Bertz CT molecular complexity index is 679. The van der Waals surface area contributed by atoms with Gasteiger partial charge in [0.2, 0.25) is 0 Å². The smallest absolute Gasteiger partial charge is 0.181 e. The summed E-state index contributed by atoms with van der Waals surface area (Å²) in [5.41, 5.74) is 6.70. The van der Waals surface area contributed by atoms with E-state index in [0.717, 1.165) is 32.5 Å². The Labute approximate surface area is 158 Å². The van der Waals surface area contributed by atoms with Gasteiger partial charge in [-0.15, -0.1) is 12.4 Å². The van der Waals surface area contributed by atoms with E-state index in [4.69, 9.17) is 26.8 Å². The van der Waals surface area contributed by atoms with E-state index in [1.165, 1.54) is 0 Å². The van der Waals surface area contributed by atoms with Gasteiger partial charge in [0.25, 0.3) is 0 Å². The SMILES string of the molecule is Cl.N[C@H](CC1CCOCC1)c1ccc(Cl)c(Oc2ccccc2)c1F. The minimum atomic E-state index is -0.481. The van der Waals surface area contributed by atoms with Crippen molar-refractivity contribution in [3.63, 3.8) is 0 Å². The van der Waals surface area contributed by atoms with Crippen LogP contribution in [-0.2, 0) is 4.74 Å². The van der Waals surface area contributed by atoms with Crippen molar-refractivity contribution < 1.29 is 13.9 Å². The van der Waals surface area contributed by atoms with Gasteiger partial charge in [0.1, 0.15) is 5.75 Å². The summed E-state index contributed by atoms with van der Waals surface area (Å²) in [6.07, 6.45) is 2.67. The lowest BCUT2D eigenvalue weighted by Crippen LogP contribution is -2.22. The molecule has 1 aliphatic rings. The predicted octanol–water partition coefficient (Wildman–Crippen LogP) is 5.51. The van der Waals surface area contributed by atoms with Gasteiger partial charge in [-0.3, -0.25) is 0 Å². The van der Waals surface area contributed by atoms with Crippen LogP contribution in [-0.4, -0.2) is 13.2 Å². The molecular weight excluding hydrogens is 364 g/mol. The van der Waals surface area contributed by atoms with E-state index in [1.807, 2.05) is 18.2 Å². The van der Waals surface area contributed by atoms with E-state index in [2.05, 4.69) is 0 Å². The number of nitrogens with two attached hydrogens (primary N) is 1. The average molecular weight is 386 g/mol. The molecule has 1 heterocycles. The summed E-state index contributed by atoms with van der Waals surface area (Å²) in [4.78, 5) is 0. The van der Waals surface area contributed by atoms with Crippen molar-refractivity contribution in [3.8, 4) is 11.5 Å². The molecular formula is C19H22Cl2FNO2. The quantitative estimate of drug-likeness (QED) is 0.737. The summed E-state index contributed by atoms with van der Waals surface area (Å²) in [7, 11) is 0. The van der Waals surface area contributed by atoms with Crippen LogP contribution in [0.3, 0.4) is 0 Å². The lowest BCUT2D eigenvalue weighted by molar-refractivity contribution is 0.0617. The molecule has 0 spiro atoms. The Hall–Kier alpha value is -1.33. The molecule has 2 aromatic carbocycles. The molecule has 3 rings (SSSR count). The highest BCUT2D eigenvalue weighted by molar-refractivity contribution is 6.32. The van der Waals surface area contributed by atoms with E-state index in [-0.39, 0.29) is 29.2 Å². The topological polar surface area (TPSA) is 44.5 Å². The van der Waals surface area contributed by atoms with Gasteiger partial charge in [0, 0.05) is 24.8 Å². The van der Waals surface area contributed by atoms with E-state index in [9.17, 15) is 4.39 Å². The van der Waals surface area contributed by atoms with E-state index in [0.29, 0.717) is 17.2 Å². The molecule has 0 amide bonds. The summed E-state index contributed by atoms with van der Waals surface area (Å²) in [6, 6.07) is 11.9. The molecule has 1 saturated heterocycles. The third kappa shape index (κ3) is 5.08. The number of para-hydroxylation sites is 1. The van der Waals surface area contributed by atoms with Crippen LogP contribution in [0.2, 0.25) is 5.02 Å². The first-order valence-corrected chi connectivity index (χ1v) is 8.57. The van der Waals surface area contributed by atoms with E-state index >= 15 is 0 Å². The molecule has 0 aromatic heterocycles. The fraction of sp³-hybridized carbons (Fsp3) is 0.368. The van der Waals surface area contributed by atoms with E-state index < -0.39 is 5.82 Å². The van der Waals surface area contributed by atoms with Crippen LogP contribution < -0.4 is 10.5 Å². The number of hydrogen-bond donors (Lipinski definition) is 1. The highest BCUT2D eigenvalue weighted by Crippen LogP contribution is 2.37.